The number of furan rings is 1. The van der Waals surface area contributed by atoms with Crippen LogP contribution in [0.4, 0.5) is 10.1 Å². The van der Waals surface area contributed by atoms with Gasteiger partial charge >= 0.3 is 0 Å². The molecule has 0 saturated carbocycles. The van der Waals surface area contributed by atoms with E-state index in [4.69, 9.17) is 4.42 Å². The van der Waals surface area contributed by atoms with Gasteiger partial charge in [0, 0.05) is 17.9 Å². The molecule has 1 amide bonds. The Balaban J connectivity index is 1.57. The number of rotatable bonds is 10. The van der Waals surface area contributed by atoms with E-state index < -0.39 is 10.0 Å². The van der Waals surface area contributed by atoms with Crippen LogP contribution >= 0.6 is 11.8 Å². The van der Waals surface area contributed by atoms with Crippen LogP contribution in [-0.4, -0.2) is 32.9 Å². The van der Waals surface area contributed by atoms with Gasteiger partial charge in [0.25, 0.3) is 5.91 Å². The lowest BCUT2D eigenvalue weighted by Gasteiger charge is -2.22. The van der Waals surface area contributed by atoms with Gasteiger partial charge in [-0.2, -0.15) is 11.8 Å². The lowest BCUT2D eigenvalue weighted by Crippen LogP contribution is -2.29. The van der Waals surface area contributed by atoms with Gasteiger partial charge in [0.1, 0.15) is 11.6 Å². The summed E-state index contributed by atoms with van der Waals surface area (Å²) in [7, 11) is -3.57. The molecule has 0 fully saturated rings. The normalized spacial score (nSPS) is 11.3. The molecular weight excluding hydrogens is 439 g/mol. The molecule has 9 heteroatoms. The molecule has 1 aromatic heterocycles. The smallest absolute Gasteiger partial charge is 0.251 e. The first-order chi connectivity index (χ1) is 14.8. The van der Waals surface area contributed by atoms with E-state index in [1.807, 2.05) is 12.1 Å². The van der Waals surface area contributed by atoms with Crippen molar-refractivity contribution >= 4 is 33.4 Å². The Bertz CT molecular complexity index is 1080. The first-order valence-electron chi connectivity index (χ1n) is 9.53. The number of sulfonamides is 1. The minimum Gasteiger partial charge on any atom is -0.468 e. The lowest BCUT2D eigenvalue weighted by molar-refractivity contribution is 0.0956. The number of carbonyl (C=O) groups is 1. The van der Waals surface area contributed by atoms with E-state index in [1.54, 1.807) is 54.4 Å². The fraction of sp³-hybridized carbons (Fsp3) is 0.227. The van der Waals surface area contributed by atoms with Crippen LogP contribution in [0.2, 0.25) is 0 Å². The molecule has 0 unspecified atom stereocenters. The Hall–Kier alpha value is -2.78. The molecule has 2 aromatic carbocycles. The van der Waals surface area contributed by atoms with Gasteiger partial charge in [-0.15, -0.1) is 0 Å². The summed E-state index contributed by atoms with van der Waals surface area (Å²) in [4.78, 5) is 12.3. The number of anilines is 1. The number of hydrogen-bond donors (Lipinski definition) is 1. The number of halogens is 1. The van der Waals surface area contributed by atoms with Crippen molar-refractivity contribution in [2.75, 3.05) is 22.9 Å². The van der Waals surface area contributed by atoms with Gasteiger partial charge < -0.3 is 9.73 Å². The first kappa shape index (κ1) is 22.9. The second-order valence-corrected chi connectivity index (χ2v) is 9.84. The van der Waals surface area contributed by atoms with Crippen molar-refractivity contribution in [2.45, 2.75) is 12.3 Å². The van der Waals surface area contributed by atoms with Crippen molar-refractivity contribution in [1.29, 1.82) is 0 Å². The Morgan fingerprint density at radius 2 is 1.81 bits per heavy atom. The highest BCUT2D eigenvalue weighted by molar-refractivity contribution is 7.98. The third-order valence-corrected chi connectivity index (χ3v) is 6.54. The Kier molecular flexibility index (Phi) is 7.75. The molecular formula is C22H23FN2O4S2. The number of hydrogen-bond acceptors (Lipinski definition) is 5. The molecule has 0 aliphatic carbocycles. The molecule has 1 heterocycles. The van der Waals surface area contributed by atoms with Crippen LogP contribution in [0.25, 0.3) is 0 Å². The van der Waals surface area contributed by atoms with Gasteiger partial charge in [-0.1, -0.05) is 12.1 Å². The maximum absolute atomic E-state index is 13.1. The molecule has 31 heavy (non-hydrogen) atoms. The average Bonchev–Trinajstić information content (AvgIpc) is 3.26. The van der Waals surface area contributed by atoms with Crippen LogP contribution in [0, 0.1) is 5.82 Å². The van der Waals surface area contributed by atoms with Gasteiger partial charge in [0.15, 0.2) is 0 Å². The van der Waals surface area contributed by atoms with Crippen LogP contribution < -0.4 is 9.62 Å². The largest absolute Gasteiger partial charge is 0.468 e. The zero-order valence-electron chi connectivity index (χ0n) is 17.0. The predicted molar refractivity (Wildman–Crippen MR) is 121 cm³/mol. The van der Waals surface area contributed by atoms with Gasteiger partial charge in [-0.3, -0.25) is 9.10 Å². The Morgan fingerprint density at radius 3 is 2.42 bits per heavy atom. The predicted octanol–water partition coefficient (Wildman–Crippen LogP) is 4.05. The highest BCUT2D eigenvalue weighted by Gasteiger charge is 2.18. The van der Waals surface area contributed by atoms with E-state index in [2.05, 4.69) is 5.32 Å². The molecule has 6 nitrogen and oxygen atoms in total. The van der Waals surface area contributed by atoms with Gasteiger partial charge in [0.2, 0.25) is 10.0 Å². The summed E-state index contributed by atoms with van der Waals surface area (Å²) in [6.07, 6.45) is 2.74. The summed E-state index contributed by atoms with van der Waals surface area (Å²) in [5, 5.41) is 2.85. The van der Waals surface area contributed by atoms with Crippen molar-refractivity contribution < 1.29 is 22.0 Å². The zero-order chi connectivity index (χ0) is 22.3. The van der Waals surface area contributed by atoms with Crippen LogP contribution in [0.1, 0.15) is 21.7 Å². The SMILES string of the molecule is CS(=O)(=O)N(Cc1ccc(F)cc1)c1ccc(C(=O)NCCSCc2ccco2)cc1. The Morgan fingerprint density at radius 1 is 1.10 bits per heavy atom. The summed E-state index contributed by atoms with van der Waals surface area (Å²) in [5.41, 5.74) is 1.52. The topological polar surface area (TPSA) is 79.6 Å². The number of carbonyl (C=O) groups excluding carboxylic acids is 1. The number of nitrogens with zero attached hydrogens (tertiary/aromatic N) is 1. The number of benzene rings is 2. The van der Waals surface area contributed by atoms with Crippen molar-refractivity contribution in [2.24, 2.45) is 0 Å². The highest BCUT2D eigenvalue weighted by atomic mass is 32.2. The van der Waals surface area contributed by atoms with Crippen molar-refractivity contribution in [3.8, 4) is 0 Å². The maximum atomic E-state index is 13.1. The second kappa shape index (κ2) is 10.5. The number of nitrogens with one attached hydrogen (secondary N) is 1. The standard InChI is InChI=1S/C22H23FN2O4S2/c1-31(27,28)25(15-17-4-8-19(23)9-5-17)20-10-6-18(7-11-20)22(26)24-12-14-30-16-21-3-2-13-29-21/h2-11,13H,12,14-16H2,1H3,(H,24,26). The van der Waals surface area contributed by atoms with E-state index in [0.29, 0.717) is 23.4 Å². The first-order valence-corrected chi connectivity index (χ1v) is 12.5. The summed E-state index contributed by atoms with van der Waals surface area (Å²) in [5.74, 6) is 1.76. The molecule has 164 valence electrons. The van der Waals surface area contributed by atoms with E-state index in [-0.39, 0.29) is 18.3 Å². The zero-order valence-corrected chi connectivity index (χ0v) is 18.6. The average molecular weight is 463 g/mol. The van der Waals surface area contributed by atoms with Gasteiger partial charge in [0.05, 0.1) is 30.5 Å². The molecule has 3 rings (SSSR count). The molecule has 0 aliphatic rings. The summed E-state index contributed by atoms with van der Waals surface area (Å²) < 4.78 is 44.1. The fourth-order valence-electron chi connectivity index (χ4n) is 2.84. The molecule has 0 bridgehead atoms. The molecule has 0 saturated heterocycles. The minimum absolute atomic E-state index is 0.0670. The van der Waals surface area contributed by atoms with E-state index in [0.717, 1.165) is 23.5 Å². The van der Waals surface area contributed by atoms with Crippen molar-refractivity contribution in [1.82, 2.24) is 5.32 Å². The second-order valence-electron chi connectivity index (χ2n) is 6.83. The molecule has 1 N–H and O–H groups in total. The third kappa shape index (κ3) is 6.86. The third-order valence-electron chi connectivity index (χ3n) is 4.41. The summed E-state index contributed by atoms with van der Waals surface area (Å²) in [6, 6.07) is 15.8. The number of thioether (sulfide) groups is 1. The minimum atomic E-state index is -3.57. The highest BCUT2D eigenvalue weighted by Crippen LogP contribution is 2.21. The van der Waals surface area contributed by atoms with Crippen LogP contribution in [0.15, 0.2) is 71.3 Å². The molecule has 0 radical (unpaired) electrons. The molecule has 0 atom stereocenters. The van der Waals surface area contributed by atoms with E-state index >= 15 is 0 Å². The Labute approximate surface area is 185 Å². The van der Waals surface area contributed by atoms with E-state index in [1.165, 1.54) is 16.4 Å². The van der Waals surface area contributed by atoms with Crippen LogP contribution in [0.3, 0.4) is 0 Å². The molecule has 0 spiro atoms. The van der Waals surface area contributed by atoms with Crippen LogP contribution in [-0.2, 0) is 22.3 Å². The molecule has 0 aliphatic heterocycles. The van der Waals surface area contributed by atoms with E-state index in [9.17, 15) is 17.6 Å². The van der Waals surface area contributed by atoms with Gasteiger partial charge in [-0.25, -0.2) is 12.8 Å². The number of amides is 1. The van der Waals surface area contributed by atoms with Crippen molar-refractivity contribution in [3.63, 3.8) is 0 Å². The summed E-state index contributed by atoms with van der Waals surface area (Å²) >= 11 is 1.65. The van der Waals surface area contributed by atoms with Gasteiger partial charge in [-0.05, 0) is 54.1 Å². The monoisotopic (exact) mass is 462 g/mol. The fourth-order valence-corrected chi connectivity index (χ4v) is 4.49. The quantitative estimate of drug-likeness (QED) is 0.460. The molecule has 3 aromatic rings. The van der Waals surface area contributed by atoms with Crippen molar-refractivity contribution in [3.05, 3.63) is 89.6 Å². The summed E-state index contributed by atoms with van der Waals surface area (Å²) in [6.45, 7) is 0.573. The maximum Gasteiger partial charge on any atom is 0.251 e. The van der Waals surface area contributed by atoms with Crippen LogP contribution in [0.5, 0.6) is 0 Å². The lowest BCUT2D eigenvalue weighted by atomic mass is 10.1.